The van der Waals surface area contributed by atoms with Crippen molar-refractivity contribution < 1.29 is 21.8 Å². The van der Waals surface area contributed by atoms with Gasteiger partial charge >= 0.3 is 16.5 Å². The van der Waals surface area contributed by atoms with Crippen molar-refractivity contribution in [1.82, 2.24) is 0 Å². The van der Waals surface area contributed by atoms with Gasteiger partial charge in [-0.3, -0.25) is 0 Å². The first kappa shape index (κ1) is 27.4. The maximum Gasteiger partial charge on any atom is 0.417 e. The summed E-state index contributed by atoms with van der Waals surface area (Å²) in [4.78, 5) is 11.0. The minimum atomic E-state index is -3.87. The van der Waals surface area contributed by atoms with E-state index >= 15 is 0 Å². The van der Waals surface area contributed by atoms with Crippen LogP contribution in [0.2, 0.25) is 5.02 Å². The van der Waals surface area contributed by atoms with E-state index in [-0.39, 0.29) is 28.5 Å². The van der Waals surface area contributed by atoms with Gasteiger partial charge in [-0.25, -0.2) is 8.68 Å². The van der Waals surface area contributed by atoms with Gasteiger partial charge in [0.05, 0.1) is 6.54 Å². The molecular formula is C30H34ClNO4S+. The number of carbonyl (C=O) groups excluding carboxylic acids is 1. The molecule has 0 heterocycles. The lowest BCUT2D eigenvalue weighted by Crippen LogP contribution is -2.56. The van der Waals surface area contributed by atoms with Crippen molar-refractivity contribution in [2.75, 3.05) is 6.54 Å². The van der Waals surface area contributed by atoms with Crippen molar-refractivity contribution in [1.29, 1.82) is 0 Å². The molecule has 0 bridgehead atoms. The van der Waals surface area contributed by atoms with Gasteiger partial charge in [-0.05, 0) is 57.7 Å². The quantitative estimate of drug-likeness (QED) is 0.267. The van der Waals surface area contributed by atoms with Gasteiger partial charge in [-0.1, -0.05) is 77.8 Å². The van der Waals surface area contributed by atoms with E-state index in [2.05, 4.69) is 0 Å². The van der Waals surface area contributed by atoms with E-state index in [0.717, 1.165) is 29.5 Å². The maximum absolute atomic E-state index is 14.7. The van der Waals surface area contributed by atoms with Crippen molar-refractivity contribution >= 4 is 28.1 Å². The Hall–Kier alpha value is -2.67. The third kappa shape index (κ3) is 5.92. The van der Waals surface area contributed by atoms with Crippen LogP contribution in [0.3, 0.4) is 0 Å². The Morgan fingerprint density at radius 2 is 1.57 bits per heavy atom. The summed E-state index contributed by atoms with van der Waals surface area (Å²) in [5, 5.41) is 0.558. The average molecular weight is 540 g/mol. The van der Waals surface area contributed by atoms with E-state index in [9.17, 15) is 13.2 Å². The number of rotatable bonds is 10. The van der Waals surface area contributed by atoms with Crippen molar-refractivity contribution in [3.05, 3.63) is 101 Å². The van der Waals surface area contributed by atoms with Gasteiger partial charge in [0, 0.05) is 22.1 Å². The molecule has 37 heavy (non-hydrogen) atoms. The molecule has 2 atom stereocenters. The van der Waals surface area contributed by atoms with Gasteiger partial charge in [0.2, 0.25) is 0 Å². The zero-order valence-corrected chi connectivity index (χ0v) is 22.9. The molecule has 1 unspecified atom stereocenters. The van der Waals surface area contributed by atoms with Crippen LogP contribution in [0.4, 0.5) is 0 Å². The number of hydrogen-bond acceptors (Lipinski definition) is 4. The third-order valence-electron chi connectivity index (χ3n) is 7.76. The highest BCUT2D eigenvalue weighted by atomic mass is 35.5. The van der Waals surface area contributed by atoms with Crippen molar-refractivity contribution in [2.24, 2.45) is 5.92 Å². The molecule has 4 rings (SSSR count). The second-order valence-corrected chi connectivity index (χ2v) is 12.7. The van der Waals surface area contributed by atoms with Crippen LogP contribution < -0.4 is 0 Å². The molecule has 0 N–H and O–H groups in total. The summed E-state index contributed by atoms with van der Waals surface area (Å²) in [7, 11) is -3.87. The number of aryl methyl sites for hydroxylation is 1. The minimum Gasteiger partial charge on any atom is -0.454 e. The molecule has 1 fully saturated rings. The van der Waals surface area contributed by atoms with Gasteiger partial charge in [0.15, 0.2) is 0 Å². The molecule has 0 saturated heterocycles. The molecule has 1 saturated carbocycles. The van der Waals surface area contributed by atoms with Crippen LogP contribution in [0.15, 0.2) is 83.8 Å². The van der Waals surface area contributed by atoms with E-state index in [1.54, 1.807) is 30.7 Å². The first-order valence-electron chi connectivity index (χ1n) is 12.8. The molecule has 7 heteroatoms. The molecule has 3 aromatic rings. The zero-order chi connectivity index (χ0) is 26.5. The van der Waals surface area contributed by atoms with Crippen LogP contribution in [0, 0.1) is 12.8 Å². The van der Waals surface area contributed by atoms with Crippen LogP contribution in [0.5, 0.6) is 0 Å². The number of sulfonamides is 1. The molecule has 5 nitrogen and oxygen atoms in total. The fourth-order valence-corrected chi connectivity index (χ4v) is 7.89. The molecular weight excluding hydrogens is 506 g/mol. The Morgan fingerprint density at radius 3 is 2.19 bits per heavy atom. The minimum absolute atomic E-state index is 0.139. The lowest BCUT2D eigenvalue weighted by atomic mass is 9.86. The predicted octanol–water partition coefficient (Wildman–Crippen LogP) is 6.76. The summed E-state index contributed by atoms with van der Waals surface area (Å²) in [6.45, 7) is 6.27. The first-order chi connectivity index (χ1) is 17.8. The Labute approximate surface area is 225 Å². The first-order valence-corrected chi connectivity index (χ1v) is 14.6. The van der Waals surface area contributed by atoms with Crippen LogP contribution in [0.25, 0.3) is 0 Å². The van der Waals surface area contributed by atoms with Crippen LogP contribution in [-0.2, 0) is 26.1 Å². The number of ether oxygens (including phenoxy) is 1. The number of halogens is 1. The standard InChI is InChI=1S/C30H34ClNO4S/c1-23-12-16-26(17-13-23)24(2)32(21-27-8-6-7-11-30(27)31,37(34,35)29-9-4-3-5-10-29)20-25-14-18-28(19-15-25)36-22-33/h3-13,16-17,24-25,28H,14-15,18-21H2,1-2H3/q+1/t24-,25?,28?,32?/m0/s1. The lowest BCUT2D eigenvalue weighted by Gasteiger charge is -2.45. The van der Waals surface area contributed by atoms with Crippen molar-refractivity contribution in [3.8, 4) is 0 Å². The molecule has 1 aliphatic rings. The number of benzene rings is 3. The smallest absolute Gasteiger partial charge is 0.417 e. The second-order valence-electron chi connectivity index (χ2n) is 10.1. The normalized spacial score (nSPS) is 20.5. The summed E-state index contributed by atoms with van der Waals surface area (Å²) in [5.74, 6) is 0.139. The molecule has 0 aromatic heterocycles. The van der Waals surface area contributed by atoms with Crippen molar-refractivity contribution in [2.45, 2.75) is 63.1 Å². The van der Waals surface area contributed by atoms with Crippen molar-refractivity contribution in [3.63, 3.8) is 0 Å². The van der Waals surface area contributed by atoms with Crippen LogP contribution >= 0.6 is 11.6 Å². The van der Waals surface area contributed by atoms with Gasteiger partial charge in [-0.2, -0.15) is 8.42 Å². The fraction of sp³-hybridized carbons (Fsp3) is 0.367. The molecule has 195 valence electrons. The topological polar surface area (TPSA) is 60.4 Å². The van der Waals surface area contributed by atoms with E-state index in [1.165, 1.54) is 0 Å². The molecule has 0 aliphatic heterocycles. The maximum atomic E-state index is 14.7. The highest BCUT2D eigenvalue weighted by molar-refractivity contribution is 7.86. The van der Waals surface area contributed by atoms with E-state index in [0.29, 0.717) is 29.3 Å². The van der Waals surface area contributed by atoms with Gasteiger partial charge in [0.1, 0.15) is 23.6 Å². The highest BCUT2D eigenvalue weighted by Crippen LogP contribution is 2.43. The Bertz CT molecular complexity index is 1290. The third-order valence-corrected chi connectivity index (χ3v) is 10.5. The molecule has 0 amide bonds. The number of nitrogens with zero attached hydrogens (tertiary/aromatic N) is 1. The van der Waals surface area contributed by atoms with Gasteiger partial charge in [0.25, 0.3) is 0 Å². The SMILES string of the molecule is Cc1ccc([C@H](C)[N+](Cc2ccccc2Cl)(CC2CCC(O[C]=O)CC2)S(=O)(=O)c2ccccc2)cc1. The van der Waals surface area contributed by atoms with E-state index in [4.69, 9.17) is 16.3 Å². The fourth-order valence-electron chi connectivity index (χ4n) is 5.52. The largest absolute Gasteiger partial charge is 0.454 e. The summed E-state index contributed by atoms with van der Waals surface area (Å²) in [6, 6.07) is 24.0. The second kappa shape index (κ2) is 11.8. The predicted molar refractivity (Wildman–Crippen MR) is 146 cm³/mol. The summed E-state index contributed by atoms with van der Waals surface area (Å²) < 4.78 is 34.4. The summed E-state index contributed by atoms with van der Waals surface area (Å²) in [5.41, 5.74) is 2.89. The van der Waals surface area contributed by atoms with Gasteiger partial charge in [-0.15, -0.1) is 0 Å². The highest BCUT2D eigenvalue weighted by Gasteiger charge is 2.50. The van der Waals surface area contributed by atoms with Gasteiger partial charge < -0.3 is 4.74 Å². The lowest BCUT2D eigenvalue weighted by molar-refractivity contribution is -0.855. The number of hydrogen-bond donors (Lipinski definition) is 0. The molecule has 1 aliphatic carbocycles. The van der Waals surface area contributed by atoms with E-state index < -0.39 is 10.0 Å². The van der Waals surface area contributed by atoms with Crippen LogP contribution in [-0.4, -0.2) is 31.4 Å². The number of quaternary nitrogens is 1. The molecule has 3 aromatic carbocycles. The Kier molecular flexibility index (Phi) is 8.73. The summed E-state index contributed by atoms with van der Waals surface area (Å²) >= 11 is 6.64. The molecule has 0 spiro atoms. The average Bonchev–Trinajstić information content (AvgIpc) is 2.91. The monoisotopic (exact) mass is 539 g/mol. The zero-order valence-electron chi connectivity index (χ0n) is 21.3. The summed E-state index contributed by atoms with van der Waals surface area (Å²) in [6.07, 6.45) is 2.81. The van der Waals surface area contributed by atoms with E-state index in [1.807, 2.05) is 68.4 Å². The Morgan fingerprint density at radius 1 is 0.946 bits per heavy atom. The van der Waals surface area contributed by atoms with Crippen LogP contribution in [0.1, 0.15) is 55.3 Å². The Balaban J connectivity index is 1.86. The molecule has 1 radical (unpaired) electrons.